The molecule has 5 nitrogen and oxygen atoms in total. The van der Waals surface area contributed by atoms with E-state index in [9.17, 15) is 9.90 Å². The molecular formula is C15H19N3O2. The third-order valence-corrected chi connectivity index (χ3v) is 3.25. The Hall–Kier alpha value is -2.14. The number of carboxylic acid groups (broad SMARTS) is 1. The molecule has 20 heavy (non-hydrogen) atoms. The summed E-state index contributed by atoms with van der Waals surface area (Å²) in [6, 6.07) is 9.53. The molecule has 1 aromatic carbocycles. The van der Waals surface area contributed by atoms with Gasteiger partial charge in [-0.15, -0.1) is 0 Å². The van der Waals surface area contributed by atoms with E-state index < -0.39 is 5.97 Å². The largest absolute Gasteiger partial charge is 0.477 e. The fourth-order valence-corrected chi connectivity index (χ4v) is 2.24. The number of hydrogen-bond donors (Lipinski definition) is 2. The molecule has 1 atom stereocenters. The molecule has 0 saturated heterocycles. The van der Waals surface area contributed by atoms with Crippen molar-refractivity contribution in [3.8, 4) is 0 Å². The summed E-state index contributed by atoms with van der Waals surface area (Å²) in [6.45, 7) is 4.52. The normalized spacial score (nSPS) is 12.3. The highest BCUT2D eigenvalue weighted by molar-refractivity contribution is 5.85. The summed E-state index contributed by atoms with van der Waals surface area (Å²) in [6.07, 6.45) is 0. The molecule has 0 saturated carbocycles. The van der Waals surface area contributed by atoms with Crippen molar-refractivity contribution in [2.75, 3.05) is 7.05 Å². The van der Waals surface area contributed by atoms with Crippen molar-refractivity contribution in [3.63, 3.8) is 0 Å². The maximum absolute atomic E-state index is 11.4. The van der Waals surface area contributed by atoms with E-state index in [1.54, 1.807) is 10.7 Å². The van der Waals surface area contributed by atoms with Crippen molar-refractivity contribution in [1.82, 2.24) is 15.1 Å². The molecule has 0 aliphatic carbocycles. The molecule has 0 bridgehead atoms. The Labute approximate surface area is 118 Å². The van der Waals surface area contributed by atoms with E-state index >= 15 is 0 Å². The van der Waals surface area contributed by atoms with Crippen LogP contribution >= 0.6 is 0 Å². The van der Waals surface area contributed by atoms with Crippen LogP contribution in [0.3, 0.4) is 0 Å². The summed E-state index contributed by atoms with van der Waals surface area (Å²) in [5.74, 6) is -0.959. The van der Waals surface area contributed by atoms with Gasteiger partial charge < -0.3 is 10.4 Å². The predicted octanol–water partition coefficient (Wildman–Crippen LogP) is 2.22. The molecule has 1 heterocycles. The summed E-state index contributed by atoms with van der Waals surface area (Å²) >= 11 is 0. The monoisotopic (exact) mass is 273 g/mol. The number of benzene rings is 1. The lowest BCUT2D eigenvalue weighted by Gasteiger charge is -2.15. The molecule has 0 radical (unpaired) electrons. The topological polar surface area (TPSA) is 67.2 Å². The molecule has 5 heteroatoms. The first-order valence-electron chi connectivity index (χ1n) is 6.55. The number of aromatic nitrogens is 2. The number of rotatable bonds is 5. The number of aromatic carboxylic acids is 1. The molecule has 0 fully saturated rings. The van der Waals surface area contributed by atoms with Gasteiger partial charge in [-0.2, -0.15) is 5.10 Å². The molecule has 2 aromatic rings. The summed E-state index contributed by atoms with van der Waals surface area (Å²) in [7, 11) is 1.81. The highest BCUT2D eigenvalue weighted by Crippen LogP contribution is 2.21. The van der Waals surface area contributed by atoms with E-state index in [0.717, 1.165) is 16.8 Å². The van der Waals surface area contributed by atoms with Crippen molar-refractivity contribution < 1.29 is 9.90 Å². The number of aryl methyl sites for hydroxylation is 1. The van der Waals surface area contributed by atoms with Crippen LogP contribution in [-0.2, 0) is 6.54 Å². The lowest BCUT2D eigenvalue weighted by molar-refractivity contribution is 0.0682. The van der Waals surface area contributed by atoms with Crippen molar-refractivity contribution >= 4 is 5.97 Å². The van der Waals surface area contributed by atoms with Crippen LogP contribution in [0.4, 0.5) is 0 Å². The van der Waals surface area contributed by atoms with E-state index in [1.807, 2.05) is 39.1 Å². The Morgan fingerprint density at radius 2 is 2.20 bits per heavy atom. The van der Waals surface area contributed by atoms with Gasteiger partial charge in [-0.1, -0.05) is 29.8 Å². The first-order valence-corrected chi connectivity index (χ1v) is 6.55. The lowest BCUT2D eigenvalue weighted by atomic mass is 10.1. The smallest absolute Gasteiger partial charge is 0.354 e. The van der Waals surface area contributed by atoms with Crippen molar-refractivity contribution in [1.29, 1.82) is 0 Å². The molecule has 0 spiro atoms. The SMILES string of the molecule is CNCc1cc(C(=O)O)n(C(C)c2cccc(C)c2)n1. The number of nitrogens with zero attached hydrogens (tertiary/aromatic N) is 2. The fraction of sp³-hybridized carbons (Fsp3) is 0.333. The molecule has 1 unspecified atom stereocenters. The van der Waals surface area contributed by atoms with Crippen molar-refractivity contribution in [2.45, 2.75) is 26.4 Å². The van der Waals surface area contributed by atoms with Gasteiger partial charge in [-0.05, 0) is 32.5 Å². The number of hydrogen-bond acceptors (Lipinski definition) is 3. The third kappa shape index (κ3) is 2.88. The molecule has 0 amide bonds. The van der Waals surface area contributed by atoms with Gasteiger partial charge in [-0.25, -0.2) is 4.79 Å². The maximum Gasteiger partial charge on any atom is 0.354 e. The second kappa shape index (κ2) is 5.88. The van der Waals surface area contributed by atoms with Gasteiger partial charge in [-0.3, -0.25) is 4.68 Å². The van der Waals surface area contributed by atoms with Crippen LogP contribution in [-0.4, -0.2) is 27.9 Å². The highest BCUT2D eigenvalue weighted by atomic mass is 16.4. The zero-order chi connectivity index (χ0) is 14.7. The molecular weight excluding hydrogens is 254 g/mol. The molecule has 0 aliphatic heterocycles. The number of carboxylic acids is 1. The van der Waals surface area contributed by atoms with E-state index in [4.69, 9.17) is 0 Å². The van der Waals surface area contributed by atoms with E-state index in [2.05, 4.69) is 16.5 Å². The van der Waals surface area contributed by atoms with Gasteiger partial charge in [0, 0.05) is 6.54 Å². The van der Waals surface area contributed by atoms with E-state index in [0.29, 0.717) is 6.54 Å². The highest BCUT2D eigenvalue weighted by Gasteiger charge is 2.19. The van der Waals surface area contributed by atoms with Crippen LogP contribution in [0, 0.1) is 6.92 Å². The summed E-state index contributed by atoms with van der Waals surface area (Å²) in [5.41, 5.74) is 3.13. The van der Waals surface area contributed by atoms with Gasteiger partial charge in [0.25, 0.3) is 0 Å². The van der Waals surface area contributed by atoms with Crippen LogP contribution in [0.15, 0.2) is 30.3 Å². The van der Waals surface area contributed by atoms with Gasteiger partial charge in [0.15, 0.2) is 0 Å². The minimum absolute atomic E-state index is 0.119. The quantitative estimate of drug-likeness (QED) is 0.876. The van der Waals surface area contributed by atoms with Crippen LogP contribution < -0.4 is 5.32 Å². The molecule has 1 aromatic heterocycles. The summed E-state index contributed by atoms with van der Waals surface area (Å²) in [5, 5.41) is 16.7. The predicted molar refractivity (Wildman–Crippen MR) is 76.9 cm³/mol. The second-order valence-corrected chi connectivity index (χ2v) is 4.89. The van der Waals surface area contributed by atoms with Gasteiger partial charge in [0.1, 0.15) is 5.69 Å². The standard InChI is InChI=1S/C15H19N3O2/c1-10-5-4-6-12(7-10)11(2)18-14(15(19)20)8-13(17-18)9-16-3/h4-8,11,16H,9H2,1-3H3,(H,19,20). The minimum Gasteiger partial charge on any atom is -0.477 e. The first-order chi connectivity index (χ1) is 9.52. The molecule has 0 aliphatic rings. The molecule has 106 valence electrons. The Morgan fingerprint density at radius 3 is 2.80 bits per heavy atom. The second-order valence-electron chi connectivity index (χ2n) is 4.89. The fourth-order valence-electron chi connectivity index (χ4n) is 2.24. The average Bonchev–Trinajstić information content (AvgIpc) is 2.82. The lowest BCUT2D eigenvalue weighted by Crippen LogP contribution is -2.15. The summed E-state index contributed by atoms with van der Waals surface area (Å²) < 4.78 is 1.57. The number of carbonyl (C=O) groups is 1. The van der Waals surface area contributed by atoms with Gasteiger partial charge in [0.05, 0.1) is 11.7 Å². The van der Waals surface area contributed by atoms with Crippen molar-refractivity contribution in [2.24, 2.45) is 0 Å². The maximum atomic E-state index is 11.4. The first kappa shape index (κ1) is 14.3. The molecule has 2 N–H and O–H groups in total. The number of nitrogens with one attached hydrogen (secondary N) is 1. The minimum atomic E-state index is -0.959. The molecule has 2 rings (SSSR count). The van der Waals surface area contributed by atoms with E-state index in [-0.39, 0.29) is 11.7 Å². The van der Waals surface area contributed by atoms with Crippen LogP contribution in [0.1, 0.15) is 40.3 Å². The Balaban J connectivity index is 2.42. The van der Waals surface area contributed by atoms with Crippen LogP contribution in [0.2, 0.25) is 0 Å². The zero-order valence-corrected chi connectivity index (χ0v) is 11.9. The van der Waals surface area contributed by atoms with Crippen LogP contribution in [0.25, 0.3) is 0 Å². The van der Waals surface area contributed by atoms with E-state index in [1.165, 1.54) is 0 Å². The zero-order valence-electron chi connectivity index (χ0n) is 11.9. The Bertz CT molecular complexity index is 619. The van der Waals surface area contributed by atoms with Gasteiger partial charge in [0.2, 0.25) is 0 Å². The Kier molecular flexibility index (Phi) is 4.20. The summed E-state index contributed by atoms with van der Waals surface area (Å²) in [4.78, 5) is 11.4. The van der Waals surface area contributed by atoms with Gasteiger partial charge >= 0.3 is 5.97 Å². The Morgan fingerprint density at radius 1 is 1.45 bits per heavy atom. The third-order valence-electron chi connectivity index (χ3n) is 3.25. The average molecular weight is 273 g/mol. The van der Waals surface area contributed by atoms with Crippen LogP contribution in [0.5, 0.6) is 0 Å². The van der Waals surface area contributed by atoms with Crippen molar-refractivity contribution in [3.05, 3.63) is 52.8 Å².